The highest BCUT2D eigenvalue weighted by molar-refractivity contribution is 8.14. The van der Waals surface area contributed by atoms with Crippen molar-refractivity contribution >= 4 is 31.5 Å². The van der Waals surface area contributed by atoms with Gasteiger partial charge in [0.1, 0.15) is 5.25 Å². The normalized spacial score (nSPS) is 20.9. The molecule has 1 unspecified atom stereocenters. The quantitative estimate of drug-likeness (QED) is 0.733. The summed E-state index contributed by atoms with van der Waals surface area (Å²) in [7, 11) is 1.52. The minimum atomic E-state index is -3.72. The molecule has 0 radical (unpaired) electrons. The van der Waals surface area contributed by atoms with Gasteiger partial charge in [0.15, 0.2) is 5.82 Å². The lowest BCUT2D eigenvalue weighted by molar-refractivity contribution is -0.117. The van der Waals surface area contributed by atoms with Crippen LogP contribution < -0.4 is 4.90 Å². The number of hydrogen-bond acceptors (Lipinski definition) is 5. The van der Waals surface area contributed by atoms with E-state index in [1.165, 1.54) is 11.1 Å². The molecule has 1 aromatic heterocycles. The van der Waals surface area contributed by atoms with Crippen LogP contribution in [0.25, 0.3) is 0 Å². The average Bonchev–Trinajstić information content (AvgIpc) is 2.60. The molecule has 1 amide bonds. The second-order valence-corrected chi connectivity index (χ2v) is 6.73. The van der Waals surface area contributed by atoms with Gasteiger partial charge in [0.05, 0.1) is 11.9 Å². The Balaban J connectivity index is 2.28. The molecule has 1 atom stereocenters. The van der Waals surface area contributed by atoms with E-state index in [9.17, 15) is 13.2 Å². The standard InChI is InChI=1S/C9H10ClN3O3S/c1-6-3-11-4-8(12-6)13-5-7(2-9(13)14)17(10,15)16/h3-4,7H,2,5H2,1H3. The Kier molecular flexibility index (Phi) is 3.05. The van der Waals surface area contributed by atoms with Crippen LogP contribution in [0.15, 0.2) is 12.4 Å². The van der Waals surface area contributed by atoms with Gasteiger partial charge in [-0.25, -0.2) is 13.4 Å². The third kappa shape index (κ3) is 2.55. The summed E-state index contributed by atoms with van der Waals surface area (Å²) in [5.41, 5.74) is 0.660. The summed E-state index contributed by atoms with van der Waals surface area (Å²) in [5, 5.41) is -0.876. The summed E-state index contributed by atoms with van der Waals surface area (Å²) in [6.45, 7) is 1.77. The Morgan fingerprint density at radius 2 is 2.18 bits per heavy atom. The summed E-state index contributed by atoms with van der Waals surface area (Å²) >= 11 is 0. The van der Waals surface area contributed by atoms with Gasteiger partial charge in [-0.15, -0.1) is 0 Å². The molecule has 1 aliphatic rings. The smallest absolute Gasteiger partial charge is 0.237 e. The van der Waals surface area contributed by atoms with Gasteiger partial charge in [0.25, 0.3) is 0 Å². The zero-order chi connectivity index (χ0) is 12.6. The molecule has 2 heterocycles. The van der Waals surface area contributed by atoms with E-state index in [4.69, 9.17) is 10.7 Å². The first-order valence-corrected chi connectivity index (χ1v) is 7.27. The van der Waals surface area contributed by atoms with Crippen molar-refractivity contribution in [1.29, 1.82) is 0 Å². The van der Waals surface area contributed by atoms with E-state index >= 15 is 0 Å². The van der Waals surface area contributed by atoms with Gasteiger partial charge < -0.3 is 0 Å². The van der Waals surface area contributed by atoms with Gasteiger partial charge in [-0.3, -0.25) is 14.7 Å². The number of hydrogen-bond donors (Lipinski definition) is 0. The first-order chi connectivity index (χ1) is 7.88. The molecule has 0 aromatic carbocycles. The number of carbonyl (C=O) groups excluding carboxylic acids is 1. The van der Waals surface area contributed by atoms with E-state index < -0.39 is 14.3 Å². The van der Waals surface area contributed by atoms with Crippen molar-refractivity contribution < 1.29 is 13.2 Å². The third-order valence-electron chi connectivity index (χ3n) is 2.51. The fourth-order valence-electron chi connectivity index (χ4n) is 1.67. The lowest BCUT2D eigenvalue weighted by Gasteiger charge is -2.14. The molecule has 6 nitrogen and oxygen atoms in total. The average molecular weight is 276 g/mol. The SMILES string of the molecule is Cc1cncc(N2CC(S(=O)(=O)Cl)CC2=O)n1. The van der Waals surface area contributed by atoms with Crippen LogP contribution in [0.2, 0.25) is 0 Å². The number of rotatable bonds is 2. The molecule has 0 bridgehead atoms. The van der Waals surface area contributed by atoms with Gasteiger partial charge in [0.2, 0.25) is 15.0 Å². The second-order valence-electron chi connectivity index (χ2n) is 3.82. The van der Waals surface area contributed by atoms with Crippen LogP contribution in [0.1, 0.15) is 12.1 Å². The highest BCUT2D eigenvalue weighted by Gasteiger charge is 2.38. The molecule has 0 spiro atoms. The molecular weight excluding hydrogens is 266 g/mol. The fourth-order valence-corrected chi connectivity index (χ4v) is 2.69. The van der Waals surface area contributed by atoms with Gasteiger partial charge >= 0.3 is 0 Å². The van der Waals surface area contributed by atoms with Crippen LogP contribution in [0.4, 0.5) is 5.82 Å². The van der Waals surface area contributed by atoms with Crippen molar-refractivity contribution in [3.05, 3.63) is 18.1 Å². The molecule has 1 saturated heterocycles. The maximum absolute atomic E-state index is 11.7. The lowest BCUT2D eigenvalue weighted by atomic mass is 10.4. The van der Waals surface area contributed by atoms with Crippen molar-refractivity contribution in [3.63, 3.8) is 0 Å². The molecule has 0 saturated carbocycles. The predicted octanol–water partition coefficient (Wildman–Crippen LogP) is 0.459. The monoisotopic (exact) mass is 275 g/mol. The number of amides is 1. The number of nitrogens with zero attached hydrogens (tertiary/aromatic N) is 3. The molecule has 2 rings (SSSR count). The van der Waals surface area contributed by atoms with Crippen LogP contribution in [-0.2, 0) is 13.8 Å². The van der Waals surface area contributed by atoms with Crippen molar-refractivity contribution in [2.75, 3.05) is 11.4 Å². The summed E-state index contributed by atoms with van der Waals surface area (Å²) < 4.78 is 22.3. The molecule has 0 aliphatic carbocycles. The van der Waals surface area contributed by atoms with E-state index in [1.807, 2.05) is 0 Å². The molecule has 8 heteroatoms. The van der Waals surface area contributed by atoms with Gasteiger partial charge in [-0.05, 0) is 6.92 Å². The topological polar surface area (TPSA) is 80.2 Å². The van der Waals surface area contributed by atoms with E-state index in [2.05, 4.69) is 9.97 Å². The molecule has 1 fully saturated rings. The summed E-state index contributed by atoms with van der Waals surface area (Å²) in [6.07, 6.45) is 2.87. The highest BCUT2D eigenvalue weighted by atomic mass is 35.7. The number of aryl methyl sites for hydroxylation is 1. The number of carbonyl (C=O) groups is 1. The van der Waals surface area contributed by atoms with Gasteiger partial charge in [-0.2, -0.15) is 0 Å². The molecule has 1 aromatic rings. The minimum Gasteiger partial charge on any atom is -0.294 e. The van der Waals surface area contributed by atoms with Crippen LogP contribution >= 0.6 is 10.7 Å². The van der Waals surface area contributed by atoms with E-state index in [-0.39, 0.29) is 18.9 Å². The van der Waals surface area contributed by atoms with Crippen LogP contribution in [0.3, 0.4) is 0 Å². The number of halogens is 1. The van der Waals surface area contributed by atoms with Crippen LogP contribution in [-0.4, -0.2) is 36.1 Å². The van der Waals surface area contributed by atoms with E-state index in [0.29, 0.717) is 11.5 Å². The van der Waals surface area contributed by atoms with Gasteiger partial charge in [-0.1, -0.05) is 0 Å². The molecule has 1 aliphatic heterocycles. The zero-order valence-electron chi connectivity index (χ0n) is 9.00. The van der Waals surface area contributed by atoms with Crippen molar-refractivity contribution in [2.24, 2.45) is 0 Å². The second kappa shape index (κ2) is 4.23. The van der Waals surface area contributed by atoms with Crippen molar-refractivity contribution in [3.8, 4) is 0 Å². The molecular formula is C9H10ClN3O3S. The minimum absolute atomic E-state index is 0.0306. The predicted molar refractivity (Wildman–Crippen MR) is 62.3 cm³/mol. The van der Waals surface area contributed by atoms with E-state index in [0.717, 1.165) is 0 Å². The summed E-state index contributed by atoms with van der Waals surface area (Å²) in [4.78, 5) is 21.0. The number of aromatic nitrogens is 2. The van der Waals surface area contributed by atoms with E-state index in [1.54, 1.807) is 13.1 Å². The molecule has 0 N–H and O–H groups in total. The van der Waals surface area contributed by atoms with Crippen molar-refractivity contribution in [2.45, 2.75) is 18.6 Å². The Morgan fingerprint density at radius 3 is 2.71 bits per heavy atom. The Hall–Kier alpha value is -1.21. The number of anilines is 1. The fraction of sp³-hybridized carbons (Fsp3) is 0.444. The van der Waals surface area contributed by atoms with Crippen molar-refractivity contribution in [1.82, 2.24) is 9.97 Å². The first-order valence-electron chi connectivity index (χ1n) is 4.90. The summed E-state index contributed by atoms with van der Waals surface area (Å²) in [5.74, 6) is 0.0527. The summed E-state index contributed by atoms with van der Waals surface area (Å²) in [6, 6.07) is 0. The molecule has 17 heavy (non-hydrogen) atoms. The van der Waals surface area contributed by atoms with Crippen LogP contribution in [0.5, 0.6) is 0 Å². The highest BCUT2D eigenvalue weighted by Crippen LogP contribution is 2.24. The van der Waals surface area contributed by atoms with Gasteiger partial charge in [0, 0.05) is 29.8 Å². The lowest BCUT2D eigenvalue weighted by Crippen LogP contribution is -2.27. The first kappa shape index (κ1) is 12.3. The Bertz CT molecular complexity index is 560. The zero-order valence-corrected chi connectivity index (χ0v) is 10.6. The Morgan fingerprint density at radius 1 is 1.47 bits per heavy atom. The molecule has 92 valence electrons. The van der Waals surface area contributed by atoms with Crippen LogP contribution in [0, 0.1) is 6.92 Å². The maximum Gasteiger partial charge on any atom is 0.237 e. The third-order valence-corrected chi connectivity index (χ3v) is 4.37. The largest absolute Gasteiger partial charge is 0.294 e. The maximum atomic E-state index is 11.7. The Labute approximate surface area is 103 Å².